The fourth-order valence-corrected chi connectivity index (χ4v) is 7.60. The summed E-state index contributed by atoms with van der Waals surface area (Å²) in [6.07, 6.45) is 4.40. The Labute approximate surface area is 263 Å². The number of benzene rings is 1. The molecule has 0 saturated carbocycles. The summed E-state index contributed by atoms with van der Waals surface area (Å²) in [6.45, 7) is 16.6. The summed E-state index contributed by atoms with van der Waals surface area (Å²) in [5.74, 6) is 1.07. The third kappa shape index (κ3) is 6.10. The maximum Gasteiger partial charge on any atom is 0.412 e. The number of thiophene rings is 1. The molecule has 0 spiro atoms. The number of nitriles is 1. The number of pyridine rings is 1. The predicted molar refractivity (Wildman–Crippen MR) is 179 cm³/mol. The van der Waals surface area contributed by atoms with Crippen LogP contribution >= 0.6 is 20.6 Å². The molecule has 2 aliphatic rings. The van der Waals surface area contributed by atoms with E-state index in [-0.39, 0.29) is 15.3 Å². The van der Waals surface area contributed by atoms with Crippen LogP contribution in [-0.4, -0.2) is 40.5 Å². The molecular weight excluding hydrogens is 596 g/mol. The number of fused-ring (bicyclic) bond motifs is 2. The van der Waals surface area contributed by atoms with Gasteiger partial charge in [0, 0.05) is 35.5 Å². The van der Waals surface area contributed by atoms with Crippen molar-refractivity contribution in [3.63, 3.8) is 0 Å². The Morgan fingerprint density at radius 1 is 1.36 bits per heavy atom. The van der Waals surface area contributed by atoms with Crippen molar-refractivity contribution in [2.24, 2.45) is 10.9 Å². The minimum Gasteiger partial charge on any atom is -0.444 e. The summed E-state index contributed by atoms with van der Waals surface area (Å²) in [5.41, 5.74) is 3.78. The van der Waals surface area contributed by atoms with E-state index >= 15 is 4.39 Å². The van der Waals surface area contributed by atoms with Gasteiger partial charge in [0.2, 0.25) is 0 Å². The molecule has 1 fully saturated rings. The number of carbonyl (C=O) groups excluding carboxylic acids is 1. The van der Waals surface area contributed by atoms with Gasteiger partial charge < -0.3 is 14.4 Å². The van der Waals surface area contributed by atoms with Gasteiger partial charge in [-0.1, -0.05) is 19.4 Å². The zero-order valence-electron chi connectivity index (χ0n) is 26.4. The van der Waals surface area contributed by atoms with E-state index in [2.05, 4.69) is 58.2 Å². The smallest absolute Gasteiger partial charge is 0.412 e. The first kappa shape index (κ1) is 32.0. The summed E-state index contributed by atoms with van der Waals surface area (Å²) in [5, 5.41) is 16.4. The highest BCUT2D eigenvalue weighted by molar-refractivity contribution is 7.28. The second kappa shape index (κ2) is 12.5. The molecule has 0 radical (unpaired) electrons. The van der Waals surface area contributed by atoms with Crippen molar-refractivity contribution in [2.75, 3.05) is 18.4 Å². The maximum atomic E-state index is 15.3. The van der Waals surface area contributed by atoms with Crippen molar-refractivity contribution >= 4 is 64.7 Å². The number of aromatic nitrogens is 1. The van der Waals surface area contributed by atoms with E-state index in [0.717, 1.165) is 81.1 Å². The number of nitrogens with one attached hydrogen (secondary N) is 1. The molecule has 2 aromatic heterocycles. The number of aliphatic imine (C=N–C) groups is 1. The molecule has 5 rings (SSSR count). The van der Waals surface area contributed by atoms with Gasteiger partial charge in [0.25, 0.3) is 0 Å². The summed E-state index contributed by atoms with van der Waals surface area (Å²) in [6, 6.07) is 2.20. The van der Waals surface area contributed by atoms with Crippen LogP contribution in [0.5, 0.6) is 0 Å². The highest BCUT2D eigenvalue weighted by Gasteiger charge is 2.29. The second-order valence-corrected chi connectivity index (χ2v) is 14.1. The van der Waals surface area contributed by atoms with Gasteiger partial charge in [-0.15, -0.1) is 20.6 Å². The topological polar surface area (TPSA) is 99.8 Å². The molecule has 44 heavy (non-hydrogen) atoms. The fourth-order valence-electron chi connectivity index (χ4n) is 5.84. The van der Waals surface area contributed by atoms with Crippen LogP contribution in [0.25, 0.3) is 33.1 Å². The van der Waals surface area contributed by atoms with Crippen LogP contribution in [0.1, 0.15) is 78.0 Å². The quantitative estimate of drug-likeness (QED) is 0.217. The molecule has 1 saturated heterocycles. The fraction of sp³-hybridized carbons (Fsp3) is 0.455. The predicted octanol–water partition coefficient (Wildman–Crippen LogP) is 5.93. The van der Waals surface area contributed by atoms with E-state index in [1.165, 1.54) is 6.20 Å². The lowest BCUT2D eigenvalue weighted by Gasteiger charge is -2.19. The average Bonchev–Trinajstić information content (AvgIpc) is 3.69. The monoisotopic (exact) mass is 635 g/mol. The third-order valence-electron chi connectivity index (χ3n) is 8.14. The maximum absolute atomic E-state index is 15.3. The average molecular weight is 636 g/mol. The molecule has 11 heteroatoms. The number of hydrogen-bond acceptors (Lipinski definition) is 7. The zero-order chi connectivity index (χ0) is 31.9. The molecule has 2 aliphatic heterocycles. The molecule has 1 aromatic carbocycles. The number of anilines is 1. The molecule has 0 bridgehead atoms. The highest BCUT2D eigenvalue weighted by atomic mass is 32.1. The minimum absolute atomic E-state index is 0.142. The normalized spacial score (nSPS) is 18.1. The summed E-state index contributed by atoms with van der Waals surface area (Å²) in [4.78, 5) is 24.5. The molecule has 2 atom stereocenters. The molecule has 232 valence electrons. The minimum atomic E-state index is -0.737. The van der Waals surface area contributed by atoms with E-state index in [9.17, 15) is 10.1 Å². The van der Waals surface area contributed by atoms with Crippen molar-refractivity contribution in [3.8, 4) is 17.3 Å². The first-order chi connectivity index (χ1) is 20.8. The first-order valence-electron chi connectivity index (χ1n) is 14.9. The van der Waals surface area contributed by atoms with E-state index in [1.54, 1.807) is 20.8 Å². The van der Waals surface area contributed by atoms with E-state index in [0.29, 0.717) is 30.2 Å². The van der Waals surface area contributed by atoms with E-state index in [1.807, 2.05) is 6.20 Å². The number of ether oxygens (including phenoxy) is 2. The Morgan fingerprint density at radius 2 is 2.09 bits per heavy atom. The van der Waals surface area contributed by atoms with E-state index in [4.69, 9.17) is 14.5 Å². The number of likely N-dealkylation sites (tertiary alicyclic amines) is 1. The third-order valence-corrected chi connectivity index (χ3v) is 9.83. The summed E-state index contributed by atoms with van der Waals surface area (Å²) < 4.78 is 27.0. The number of nitrogens with zero attached hydrogens (tertiary/aromatic N) is 4. The summed E-state index contributed by atoms with van der Waals surface area (Å²) >= 11 is 0.998. The van der Waals surface area contributed by atoms with Gasteiger partial charge in [-0.25, -0.2) is 14.2 Å². The summed E-state index contributed by atoms with van der Waals surface area (Å²) in [7, 11) is 2.88. The van der Waals surface area contributed by atoms with Crippen molar-refractivity contribution < 1.29 is 18.7 Å². The second-order valence-electron chi connectivity index (χ2n) is 12.5. The molecular formula is C33H39FN5O3PS. The Morgan fingerprint density at radius 3 is 2.73 bits per heavy atom. The molecule has 1 N–H and O–H groups in total. The number of hydrogen-bond donors (Lipinski definition) is 1. The van der Waals surface area contributed by atoms with Crippen LogP contribution in [0.15, 0.2) is 11.2 Å². The van der Waals surface area contributed by atoms with Crippen molar-refractivity contribution in [1.82, 2.24) is 9.88 Å². The molecule has 3 aromatic rings. The van der Waals surface area contributed by atoms with Crippen molar-refractivity contribution in [1.29, 1.82) is 5.26 Å². The van der Waals surface area contributed by atoms with Crippen LogP contribution in [0.2, 0.25) is 0 Å². The largest absolute Gasteiger partial charge is 0.444 e. The Bertz CT molecular complexity index is 1850. The van der Waals surface area contributed by atoms with Gasteiger partial charge >= 0.3 is 6.09 Å². The number of halogens is 1. The van der Waals surface area contributed by atoms with Crippen LogP contribution in [0.3, 0.4) is 0 Å². The standard InChI is InChI=1S/C33H39FN5O3PS/c1-8-18(3)25-21(12-36-19(4)39-10-9-17(2)14-39)22-15-41-16-23(22)26(29(25)43)28-27-20(11-35)31(38-32(40)42-33(5,6)7)44-30(27)24(34)13-37-28/h12-13,17H,8-10,14-16,43H2,1-7H3,(H,38,40)/b21-12-,25-18?,36-19?. The van der Waals surface area contributed by atoms with Crippen LogP contribution in [0.4, 0.5) is 14.2 Å². The first-order valence-corrected chi connectivity index (χ1v) is 16.3. The zero-order valence-corrected chi connectivity index (χ0v) is 28.3. The Kier molecular flexibility index (Phi) is 9.13. The van der Waals surface area contributed by atoms with Crippen LogP contribution < -0.4 is 21.1 Å². The van der Waals surface area contributed by atoms with Gasteiger partial charge in [0.15, 0.2) is 5.82 Å². The number of rotatable bonds is 4. The van der Waals surface area contributed by atoms with Crippen LogP contribution in [-0.2, 0) is 22.7 Å². The van der Waals surface area contributed by atoms with Crippen molar-refractivity contribution in [2.45, 2.75) is 80.1 Å². The SMILES string of the molecule is CCC(C)=c1c(P)c(-c2ncc(F)c3sc(NC(=O)OC(C)(C)C)c(C#N)c23)c2c(/c1=C/N=C(C)N1CCC(C)C1)COC2. The lowest BCUT2D eigenvalue weighted by Crippen LogP contribution is -2.41. The lowest BCUT2D eigenvalue weighted by molar-refractivity contribution is 0.0636. The number of carbonyl (C=O) groups is 1. The lowest BCUT2D eigenvalue weighted by atomic mass is 9.93. The highest BCUT2D eigenvalue weighted by Crippen LogP contribution is 2.42. The van der Waals surface area contributed by atoms with Gasteiger partial charge in [-0.3, -0.25) is 10.3 Å². The molecule has 0 aliphatic carbocycles. The molecule has 8 nitrogen and oxygen atoms in total. The van der Waals surface area contributed by atoms with Crippen molar-refractivity contribution in [3.05, 3.63) is 39.1 Å². The molecule has 4 heterocycles. The Balaban J connectivity index is 1.77. The number of amidine groups is 1. The van der Waals surface area contributed by atoms with E-state index < -0.39 is 17.5 Å². The molecule has 1 amide bonds. The van der Waals surface area contributed by atoms with Gasteiger partial charge in [-0.05, 0) is 75.0 Å². The Hall–Kier alpha value is -3.38. The van der Waals surface area contributed by atoms with Crippen LogP contribution in [0, 0.1) is 23.1 Å². The van der Waals surface area contributed by atoms with Gasteiger partial charge in [-0.2, -0.15) is 5.26 Å². The van der Waals surface area contributed by atoms with Gasteiger partial charge in [0.1, 0.15) is 22.5 Å². The van der Waals surface area contributed by atoms with Gasteiger partial charge in [0.05, 0.1) is 35.4 Å². The number of amides is 1. The molecule has 2 unspecified atom stereocenters.